The van der Waals surface area contributed by atoms with Gasteiger partial charge in [-0.1, -0.05) is 6.07 Å². The van der Waals surface area contributed by atoms with Crippen molar-refractivity contribution in [2.45, 2.75) is 13.1 Å². The molecule has 1 N–H and O–H groups in total. The minimum absolute atomic E-state index is 0.266. The topological polar surface area (TPSA) is 81.7 Å². The van der Waals surface area contributed by atoms with Crippen molar-refractivity contribution in [3.63, 3.8) is 0 Å². The molecule has 0 saturated carbocycles. The van der Waals surface area contributed by atoms with Crippen molar-refractivity contribution in [2.24, 2.45) is 0 Å². The van der Waals surface area contributed by atoms with Crippen LogP contribution in [0, 0.1) is 5.82 Å². The summed E-state index contributed by atoms with van der Waals surface area (Å²) >= 11 is 0. The SMILES string of the molecule is COc1cccc(F)c1CNc1ccc(-c2cnn(CCN3CCOCC3)c2)c2nncn12. The van der Waals surface area contributed by atoms with Gasteiger partial charge in [-0.15, -0.1) is 10.2 Å². The monoisotopic (exact) mass is 451 g/mol. The number of anilines is 1. The van der Waals surface area contributed by atoms with Gasteiger partial charge in [-0.05, 0) is 24.3 Å². The number of hydrogen-bond donors (Lipinski definition) is 1. The average molecular weight is 452 g/mol. The molecule has 1 fully saturated rings. The predicted octanol–water partition coefficient (Wildman–Crippen LogP) is 2.68. The summed E-state index contributed by atoms with van der Waals surface area (Å²) in [5.74, 6) is 0.940. The number of halogens is 1. The first-order valence-electron chi connectivity index (χ1n) is 10.9. The highest BCUT2D eigenvalue weighted by Gasteiger charge is 2.15. The lowest BCUT2D eigenvalue weighted by Crippen LogP contribution is -2.38. The first-order chi connectivity index (χ1) is 16.2. The zero-order valence-electron chi connectivity index (χ0n) is 18.4. The number of nitrogens with one attached hydrogen (secondary N) is 1. The van der Waals surface area contributed by atoms with Crippen molar-refractivity contribution in [1.82, 2.24) is 29.3 Å². The Balaban J connectivity index is 1.33. The highest BCUT2D eigenvalue weighted by atomic mass is 19.1. The van der Waals surface area contributed by atoms with E-state index in [2.05, 4.69) is 25.5 Å². The lowest BCUT2D eigenvalue weighted by molar-refractivity contribution is 0.0360. The maximum Gasteiger partial charge on any atom is 0.170 e. The fourth-order valence-electron chi connectivity index (χ4n) is 4.06. The van der Waals surface area contributed by atoms with Crippen LogP contribution >= 0.6 is 0 Å². The Bertz CT molecular complexity index is 1230. The summed E-state index contributed by atoms with van der Waals surface area (Å²) in [6.45, 7) is 5.52. The number of aromatic nitrogens is 5. The van der Waals surface area contributed by atoms with Crippen molar-refractivity contribution in [2.75, 3.05) is 45.3 Å². The van der Waals surface area contributed by atoms with E-state index in [9.17, 15) is 4.39 Å². The Morgan fingerprint density at radius 1 is 1.15 bits per heavy atom. The molecule has 1 saturated heterocycles. The lowest BCUT2D eigenvalue weighted by Gasteiger charge is -2.26. The van der Waals surface area contributed by atoms with Gasteiger partial charge < -0.3 is 14.8 Å². The highest BCUT2D eigenvalue weighted by molar-refractivity contribution is 5.78. The summed E-state index contributed by atoms with van der Waals surface area (Å²) in [6, 6.07) is 8.71. The van der Waals surface area contributed by atoms with E-state index >= 15 is 0 Å². The number of hydrogen-bond acceptors (Lipinski definition) is 7. The number of rotatable bonds is 8. The van der Waals surface area contributed by atoms with Crippen LogP contribution < -0.4 is 10.1 Å². The molecule has 4 heterocycles. The summed E-state index contributed by atoms with van der Waals surface area (Å²) in [5, 5.41) is 16.2. The molecule has 0 amide bonds. The van der Waals surface area contributed by atoms with Crippen LogP contribution in [0.4, 0.5) is 10.2 Å². The molecule has 9 nitrogen and oxygen atoms in total. The predicted molar refractivity (Wildman–Crippen MR) is 122 cm³/mol. The quantitative estimate of drug-likeness (QED) is 0.441. The third-order valence-corrected chi connectivity index (χ3v) is 5.89. The molecule has 0 unspecified atom stereocenters. The molecule has 0 spiro atoms. The van der Waals surface area contributed by atoms with E-state index in [1.54, 1.807) is 18.5 Å². The van der Waals surface area contributed by atoms with Gasteiger partial charge in [0, 0.05) is 49.1 Å². The van der Waals surface area contributed by atoms with Gasteiger partial charge >= 0.3 is 0 Å². The molecule has 5 rings (SSSR count). The van der Waals surface area contributed by atoms with Crippen LogP contribution in [0.25, 0.3) is 16.8 Å². The molecule has 1 aromatic carbocycles. The Hall–Kier alpha value is -3.50. The van der Waals surface area contributed by atoms with Crippen molar-refractivity contribution < 1.29 is 13.9 Å². The summed E-state index contributed by atoms with van der Waals surface area (Å²) < 4.78 is 28.8. The molecular weight excluding hydrogens is 425 g/mol. The molecule has 33 heavy (non-hydrogen) atoms. The highest BCUT2D eigenvalue weighted by Crippen LogP contribution is 2.27. The smallest absolute Gasteiger partial charge is 0.170 e. The van der Waals surface area contributed by atoms with Gasteiger partial charge in [-0.3, -0.25) is 14.0 Å². The van der Waals surface area contributed by atoms with Crippen LogP contribution in [0.2, 0.25) is 0 Å². The molecular formula is C23H26FN7O2. The summed E-state index contributed by atoms with van der Waals surface area (Å²) in [5.41, 5.74) is 3.07. The van der Waals surface area contributed by atoms with Crippen LogP contribution in [-0.2, 0) is 17.8 Å². The maximum absolute atomic E-state index is 14.3. The lowest BCUT2D eigenvalue weighted by atomic mass is 10.1. The molecule has 0 atom stereocenters. The van der Waals surface area contributed by atoms with Gasteiger partial charge in [0.25, 0.3) is 0 Å². The van der Waals surface area contributed by atoms with Crippen molar-refractivity contribution in [3.05, 3.63) is 60.4 Å². The molecule has 3 aromatic heterocycles. The van der Waals surface area contributed by atoms with Crippen molar-refractivity contribution in [3.8, 4) is 16.9 Å². The van der Waals surface area contributed by atoms with E-state index in [1.807, 2.05) is 33.6 Å². The molecule has 10 heteroatoms. The third-order valence-electron chi connectivity index (χ3n) is 5.89. The summed E-state index contributed by atoms with van der Waals surface area (Å²) in [7, 11) is 1.53. The number of pyridine rings is 1. The van der Waals surface area contributed by atoms with Crippen LogP contribution in [-0.4, -0.2) is 69.2 Å². The van der Waals surface area contributed by atoms with Gasteiger partial charge in [0.1, 0.15) is 23.7 Å². The number of methoxy groups -OCH3 is 1. The average Bonchev–Trinajstić information content (AvgIpc) is 3.53. The van der Waals surface area contributed by atoms with Crippen molar-refractivity contribution in [1.29, 1.82) is 0 Å². The summed E-state index contributed by atoms with van der Waals surface area (Å²) in [6.07, 6.45) is 5.52. The van der Waals surface area contributed by atoms with E-state index in [1.165, 1.54) is 13.2 Å². The fraction of sp³-hybridized carbons (Fsp3) is 0.348. The molecule has 1 aliphatic heterocycles. The largest absolute Gasteiger partial charge is 0.496 e. The Labute approximate surface area is 190 Å². The van der Waals surface area contributed by atoms with E-state index in [0.29, 0.717) is 17.0 Å². The fourth-order valence-corrected chi connectivity index (χ4v) is 4.06. The van der Waals surface area contributed by atoms with Gasteiger partial charge in [-0.2, -0.15) is 5.10 Å². The van der Waals surface area contributed by atoms with E-state index in [4.69, 9.17) is 9.47 Å². The molecule has 0 bridgehead atoms. The van der Waals surface area contributed by atoms with Crippen molar-refractivity contribution >= 4 is 11.5 Å². The van der Waals surface area contributed by atoms with Gasteiger partial charge in [0.2, 0.25) is 0 Å². The number of ether oxygens (including phenoxy) is 2. The first-order valence-corrected chi connectivity index (χ1v) is 10.9. The third kappa shape index (κ3) is 4.53. The van der Waals surface area contributed by atoms with Crippen LogP contribution in [0.15, 0.2) is 49.1 Å². The molecule has 0 aliphatic carbocycles. The van der Waals surface area contributed by atoms with Crippen LogP contribution in [0.3, 0.4) is 0 Å². The van der Waals surface area contributed by atoms with E-state index in [0.717, 1.165) is 56.3 Å². The number of nitrogens with zero attached hydrogens (tertiary/aromatic N) is 6. The molecule has 172 valence electrons. The second-order valence-corrected chi connectivity index (χ2v) is 7.88. The molecule has 0 radical (unpaired) electrons. The first kappa shape index (κ1) is 21.4. The number of morpholine rings is 1. The minimum atomic E-state index is -0.317. The normalized spacial score (nSPS) is 14.6. The zero-order chi connectivity index (χ0) is 22.6. The van der Waals surface area contributed by atoms with Gasteiger partial charge in [0.05, 0.1) is 33.1 Å². The Kier molecular flexibility index (Phi) is 6.18. The Morgan fingerprint density at radius 2 is 2.03 bits per heavy atom. The minimum Gasteiger partial charge on any atom is -0.496 e. The number of fused-ring (bicyclic) bond motifs is 1. The second-order valence-electron chi connectivity index (χ2n) is 7.88. The van der Waals surface area contributed by atoms with Gasteiger partial charge in [0.15, 0.2) is 5.65 Å². The van der Waals surface area contributed by atoms with Gasteiger partial charge in [-0.25, -0.2) is 4.39 Å². The van der Waals surface area contributed by atoms with Crippen LogP contribution in [0.1, 0.15) is 5.56 Å². The van der Waals surface area contributed by atoms with E-state index < -0.39 is 0 Å². The van der Waals surface area contributed by atoms with E-state index in [-0.39, 0.29) is 12.4 Å². The Morgan fingerprint density at radius 3 is 2.88 bits per heavy atom. The standard InChI is InChI=1S/C23H26FN7O2/c1-32-21-4-2-3-20(24)19(21)14-25-22-6-5-18(23-28-26-16-31(22)23)17-13-27-30(15-17)8-7-29-9-11-33-12-10-29/h2-6,13,15-16,25H,7-12,14H2,1H3. The second kappa shape index (κ2) is 9.55. The molecule has 4 aromatic rings. The summed E-state index contributed by atoms with van der Waals surface area (Å²) in [4.78, 5) is 2.38. The zero-order valence-corrected chi connectivity index (χ0v) is 18.4. The van der Waals surface area contributed by atoms with Crippen LogP contribution in [0.5, 0.6) is 5.75 Å². The maximum atomic E-state index is 14.3. The molecule has 1 aliphatic rings. The number of benzene rings is 1.